The Labute approximate surface area is 111 Å². The van der Waals surface area contributed by atoms with Crippen molar-refractivity contribution in [2.24, 2.45) is 5.73 Å². The smallest absolute Gasteiger partial charge is 0.341 e. The maximum Gasteiger partial charge on any atom is 0.341 e. The fraction of sp³-hybridized carbons (Fsp3) is 0.769. The number of rotatable bonds is 9. The van der Waals surface area contributed by atoms with Crippen molar-refractivity contribution in [2.75, 3.05) is 6.54 Å². The number of nitrogens with two attached hydrogens (primary N) is 1. The van der Waals surface area contributed by atoms with Crippen LogP contribution in [0.15, 0.2) is 11.5 Å². The second-order valence-corrected chi connectivity index (χ2v) is 4.56. The molecule has 0 aliphatic carbocycles. The van der Waals surface area contributed by atoms with E-state index in [9.17, 15) is 4.79 Å². The minimum absolute atomic E-state index is 0.130. The number of carboxylic acids is 1. The molecule has 0 saturated heterocycles. The zero-order valence-corrected chi connectivity index (χ0v) is 11.8. The highest BCUT2D eigenvalue weighted by atomic mass is 32.1. The van der Waals surface area contributed by atoms with E-state index in [2.05, 4.69) is 26.1 Å². The highest BCUT2D eigenvalue weighted by Gasteiger charge is 1.91. The van der Waals surface area contributed by atoms with Crippen molar-refractivity contribution in [3.05, 3.63) is 11.5 Å². The van der Waals surface area contributed by atoms with Crippen molar-refractivity contribution in [2.45, 2.75) is 58.3 Å². The van der Waals surface area contributed by atoms with Crippen molar-refractivity contribution in [3.63, 3.8) is 0 Å². The second kappa shape index (κ2) is 15.5. The van der Waals surface area contributed by atoms with Crippen LogP contribution in [0.5, 0.6) is 0 Å². The van der Waals surface area contributed by atoms with Gasteiger partial charge in [-0.3, -0.25) is 0 Å². The SMILES string of the molecule is C=C(S)C(=O)O.CCCCCCCCCCN. The molecule has 3 N–H and O–H groups in total. The molecule has 0 unspecified atom stereocenters. The molecular weight excluding hydrogens is 234 g/mol. The number of thiol groups is 1. The summed E-state index contributed by atoms with van der Waals surface area (Å²) in [4.78, 5) is 9.39. The number of aliphatic carboxylic acids is 1. The van der Waals surface area contributed by atoms with E-state index in [1.807, 2.05) is 0 Å². The molecule has 0 atom stereocenters. The fourth-order valence-corrected chi connectivity index (χ4v) is 1.28. The largest absolute Gasteiger partial charge is 0.477 e. The van der Waals surface area contributed by atoms with Crippen molar-refractivity contribution < 1.29 is 9.90 Å². The van der Waals surface area contributed by atoms with Gasteiger partial charge in [-0.05, 0) is 13.0 Å². The average Bonchev–Trinajstić information content (AvgIpc) is 2.29. The normalized spacial score (nSPS) is 9.35. The third-order valence-corrected chi connectivity index (χ3v) is 2.50. The van der Waals surface area contributed by atoms with Crippen molar-refractivity contribution in [1.82, 2.24) is 0 Å². The van der Waals surface area contributed by atoms with E-state index in [0.717, 1.165) is 6.54 Å². The Morgan fingerprint density at radius 2 is 1.47 bits per heavy atom. The molecule has 0 heterocycles. The Hall–Kier alpha value is -0.480. The van der Waals surface area contributed by atoms with Gasteiger partial charge in [0.1, 0.15) is 0 Å². The molecular formula is C13H27NO2S. The minimum atomic E-state index is -1.07. The molecule has 0 aromatic rings. The lowest BCUT2D eigenvalue weighted by Crippen LogP contribution is -1.97. The number of carboxylic acid groups (broad SMARTS) is 1. The van der Waals surface area contributed by atoms with Crippen LogP contribution < -0.4 is 5.73 Å². The van der Waals surface area contributed by atoms with Crippen LogP contribution in [0.3, 0.4) is 0 Å². The molecule has 0 rings (SSSR count). The van der Waals surface area contributed by atoms with Crippen LogP contribution >= 0.6 is 12.6 Å². The van der Waals surface area contributed by atoms with Crippen LogP contribution in [0.25, 0.3) is 0 Å². The van der Waals surface area contributed by atoms with Gasteiger partial charge in [-0.15, -0.1) is 12.6 Å². The molecule has 17 heavy (non-hydrogen) atoms. The van der Waals surface area contributed by atoms with E-state index in [4.69, 9.17) is 10.8 Å². The van der Waals surface area contributed by atoms with Crippen molar-refractivity contribution in [1.29, 1.82) is 0 Å². The molecule has 3 nitrogen and oxygen atoms in total. The van der Waals surface area contributed by atoms with E-state index in [1.165, 1.54) is 51.4 Å². The quantitative estimate of drug-likeness (QED) is 0.337. The summed E-state index contributed by atoms with van der Waals surface area (Å²) in [6.45, 7) is 6.15. The van der Waals surface area contributed by atoms with Crippen molar-refractivity contribution >= 4 is 18.6 Å². The summed E-state index contributed by atoms with van der Waals surface area (Å²) in [5.74, 6) is -1.07. The lowest BCUT2D eigenvalue weighted by atomic mass is 10.1. The molecule has 0 radical (unpaired) electrons. The number of hydrogen-bond acceptors (Lipinski definition) is 3. The summed E-state index contributed by atoms with van der Waals surface area (Å²) in [5, 5.41) is 7.81. The van der Waals surface area contributed by atoms with Crippen LogP contribution in [0, 0.1) is 0 Å². The van der Waals surface area contributed by atoms with Gasteiger partial charge < -0.3 is 10.8 Å². The molecule has 0 aliphatic heterocycles. The van der Waals surface area contributed by atoms with Gasteiger partial charge in [-0.1, -0.05) is 58.4 Å². The Morgan fingerprint density at radius 3 is 1.76 bits per heavy atom. The van der Waals surface area contributed by atoms with Gasteiger partial charge in [0.2, 0.25) is 0 Å². The van der Waals surface area contributed by atoms with Crippen LogP contribution in [0.2, 0.25) is 0 Å². The van der Waals surface area contributed by atoms with Crippen LogP contribution in [0.1, 0.15) is 58.3 Å². The summed E-state index contributed by atoms with van der Waals surface area (Å²) in [6, 6.07) is 0. The lowest BCUT2D eigenvalue weighted by Gasteiger charge is -1.99. The minimum Gasteiger partial charge on any atom is -0.477 e. The molecule has 0 aromatic heterocycles. The van der Waals surface area contributed by atoms with E-state index < -0.39 is 5.97 Å². The topological polar surface area (TPSA) is 63.3 Å². The van der Waals surface area contributed by atoms with Crippen molar-refractivity contribution in [3.8, 4) is 0 Å². The maximum absolute atomic E-state index is 9.52. The highest BCUT2D eigenvalue weighted by Crippen LogP contribution is 2.07. The molecule has 0 spiro atoms. The van der Waals surface area contributed by atoms with Gasteiger partial charge in [-0.2, -0.15) is 0 Å². The van der Waals surface area contributed by atoms with E-state index >= 15 is 0 Å². The van der Waals surface area contributed by atoms with Crippen LogP contribution in [-0.4, -0.2) is 17.6 Å². The lowest BCUT2D eigenvalue weighted by molar-refractivity contribution is -0.131. The van der Waals surface area contributed by atoms with Gasteiger partial charge in [0, 0.05) is 0 Å². The number of hydrogen-bond donors (Lipinski definition) is 3. The summed E-state index contributed by atoms with van der Waals surface area (Å²) in [7, 11) is 0. The van der Waals surface area contributed by atoms with Gasteiger partial charge in [0.15, 0.2) is 0 Å². The summed E-state index contributed by atoms with van der Waals surface area (Å²) in [6.07, 6.45) is 11.0. The first-order chi connectivity index (χ1) is 8.06. The van der Waals surface area contributed by atoms with Gasteiger partial charge >= 0.3 is 5.97 Å². The molecule has 0 saturated carbocycles. The maximum atomic E-state index is 9.52. The molecule has 0 aromatic carbocycles. The predicted molar refractivity (Wildman–Crippen MR) is 77.4 cm³/mol. The van der Waals surface area contributed by atoms with Crippen LogP contribution in [-0.2, 0) is 4.79 Å². The standard InChI is InChI=1S/C10H23N.C3H4O2S/c1-2-3-4-5-6-7-8-9-10-11;1-2(6)3(4)5/h2-11H2,1H3;6H,1H2,(H,4,5). The molecule has 102 valence electrons. The third-order valence-electron chi connectivity index (χ3n) is 2.30. The van der Waals surface area contributed by atoms with E-state index in [-0.39, 0.29) is 4.91 Å². The van der Waals surface area contributed by atoms with E-state index in [0.29, 0.717) is 0 Å². The summed E-state index contributed by atoms with van der Waals surface area (Å²) >= 11 is 3.40. The Morgan fingerprint density at radius 1 is 1.12 bits per heavy atom. The third kappa shape index (κ3) is 21.4. The first-order valence-electron chi connectivity index (χ1n) is 6.37. The van der Waals surface area contributed by atoms with Gasteiger partial charge in [0.05, 0.1) is 4.91 Å². The summed E-state index contributed by atoms with van der Waals surface area (Å²) in [5.41, 5.74) is 5.39. The average molecular weight is 261 g/mol. The molecule has 4 heteroatoms. The first-order valence-corrected chi connectivity index (χ1v) is 6.82. The molecule has 0 bridgehead atoms. The van der Waals surface area contributed by atoms with Crippen LogP contribution in [0.4, 0.5) is 0 Å². The van der Waals surface area contributed by atoms with Gasteiger partial charge in [0.25, 0.3) is 0 Å². The van der Waals surface area contributed by atoms with E-state index in [1.54, 1.807) is 0 Å². The summed E-state index contributed by atoms with van der Waals surface area (Å²) < 4.78 is 0. The molecule has 0 fully saturated rings. The Kier molecular flexibility index (Phi) is 17.2. The van der Waals surface area contributed by atoms with Gasteiger partial charge in [-0.25, -0.2) is 4.79 Å². The second-order valence-electron chi connectivity index (χ2n) is 4.02. The number of unbranched alkanes of at least 4 members (excludes halogenated alkanes) is 7. The number of carbonyl (C=O) groups is 1. The monoisotopic (exact) mass is 261 g/mol. The highest BCUT2D eigenvalue weighted by molar-refractivity contribution is 7.85. The zero-order chi connectivity index (χ0) is 13.5. The zero-order valence-electron chi connectivity index (χ0n) is 11.0. The Balaban J connectivity index is 0. The first kappa shape index (κ1) is 18.9. The predicted octanol–water partition coefficient (Wildman–Crippen LogP) is 3.60. The fourth-order valence-electron chi connectivity index (χ4n) is 1.28. The molecule has 0 aliphatic rings. The Bertz CT molecular complexity index is 176. The molecule has 0 amide bonds.